The first kappa shape index (κ1) is 18.7. The van der Waals surface area contributed by atoms with Crippen molar-refractivity contribution in [3.63, 3.8) is 0 Å². The van der Waals surface area contributed by atoms with Gasteiger partial charge < -0.3 is 0 Å². The van der Waals surface area contributed by atoms with Crippen LogP contribution in [-0.2, 0) is 9.59 Å². The van der Waals surface area contributed by atoms with Gasteiger partial charge in [-0.05, 0) is 25.0 Å². The summed E-state index contributed by atoms with van der Waals surface area (Å²) in [7, 11) is 0. The van der Waals surface area contributed by atoms with E-state index in [9.17, 15) is 14.4 Å². The number of benzene rings is 1. The van der Waals surface area contributed by atoms with Crippen molar-refractivity contribution in [2.24, 2.45) is 0 Å². The molecule has 6 nitrogen and oxygen atoms in total. The minimum absolute atomic E-state index is 0.0152. The van der Waals surface area contributed by atoms with Crippen LogP contribution in [0.4, 0.5) is 0 Å². The number of hydrogen-bond donors (Lipinski definition) is 2. The van der Waals surface area contributed by atoms with Crippen LogP contribution >= 0.6 is 35.6 Å². The molecule has 0 radical (unpaired) electrons. The van der Waals surface area contributed by atoms with E-state index in [0.717, 1.165) is 0 Å². The Labute approximate surface area is 154 Å². The van der Waals surface area contributed by atoms with E-state index in [1.165, 1.54) is 11.8 Å². The summed E-state index contributed by atoms with van der Waals surface area (Å²) in [5.41, 5.74) is 4.96. The molecule has 0 aromatic heterocycles. The van der Waals surface area contributed by atoms with Crippen LogP contribution in [0, 0.1) is 0 Å². The Bertz CT molecular complexity index is 653. The highest BCUT2D eigenvalue weighted by Crippen LogP contribution is 2.19. The van der Waals surface area contributed by atoms with E-state index < -0.39 is 5.91 Å². The summed E-state index contributed by atoms with van der Waals surface area (Å²) < 4.78 is 0.594. The summed E-state index contributed by atoms with van der Waals surface area (Å²) in [5, 5.41) is 0.313. The van der Waals surface area contributed by atoms with Crippen LogP contribution in [0.2, 0.25) is 5.02 Å². The monoisotopic (exact) mass is 385 g/mol. The summed E-state index contributed by atoms with van der Waals surface area (Å²) in [6.07, 6.45) is 1.49. The minimum Gasteiger partial charge on any atom is -0.297 e. The van der Waals surface area contributed by atoms with Crippen molar-refractivity contribution in [1.82, 2.24) is 15.8 Å². The lowest BCUT2D eigenvalue weighted by Gasteiger charge is -2.14. The second kappa shape index (κ2) is 9.00. The second-order valence-electron chi connectivity index (χ2n) is 5.04. The number of amides is 3. The van der Waals surface area contributed by atoms with Gasteiger partial charge in [0.15, 0.2) is 0 Å². The van der Waals surface area contributed by atoms with Gasteiger partial charge in [-0.2, -0.15) is 0 Å². The number of hydrogen-bond acceptors (Lipinski definition) is 5. The maximum atomic E-state index is 11.9. The van der Waals surface area contributed by atoms with E-state index in [4.69, 9.17) is 23.8 Å². The molecular weight excluding hydrogens is 370 g/mol. The molecular formula is C15H16ClN3O3S2. The first-order valence-corrected chi connectivity index (χ1v) is 9.07. The topological polar surface area (TPSA) is 78.5 Å². The van der Waals surface area contributed by atoms with Gasteiger partial charge in [-0.1, -0.05) is 47.7 Å². The SMILES string of the molecule is O=C(CCCCN1C(=O)CSC1=S)NNC(=O)c1ccccc1Cl. The lowest BCUT2D eigenvalue weighted by Crippen LogP contribution is -2.41. The Morgan fingerprint density at radius 1 is 1.25 bits per heavy atom. The molecule has 0 saturated carbocycles. The van der Waals surface area contributed by atoms with Crippen LogP contribution in [0.25, 0.3) is 0 Å². The fourth-order valence-electron chi connectivity index (χ4n) is 2.05. The fraction of sp³-hybridized carbons (Fsp3) is 0.333. The Balaban J connectivity index is 1.65. The quantitative estimate of drug-likeness (QED) is 0.445. The van der Waals surface area contributed by atoms with Gasteiger partial charge in [0.2, 0.25) is 11.8 Å². The molecule has 24 heavy (non-hydrogen) atoms. The number of nitrogens with one attached hydrogen (secondary N) is 2. The summed E-state index contributed by atoms with van der Waals surface area (Å²) in [6, 6.07) is 6.57. The number of carbonyl (C=O) groups excluding carboxylic acids is 3. The average Bonchev–Trinajstić information content (AvgIpc) is 2.88. The third-order valence-electron chi connectivity index (χ3n) is 3.31. The van der Waals surface area contributed by atoms with E-state index in [2.05, 4.69) is 10.9 Å². The van der Waals surface area contributed by atoms with Crippen molar-refractivity contribution in [3.8, 4) is 0 Å². The molecule has 1 fully saturated rings. The maximum Gasteiger partial charge on any atom is 0.271 e. The normalized spacial score (nSPS) is 14.0. The van der Waals surface area contributed by atoms with Gasteiger partial charge in [0.1, 0.15) is 4.32 Å². The number of rotatable bonds is 6. The zero-order valence-corrected chi connectivity index (χ0v) is 15.1. The van der Waals surface area contributed by atoms with Gasteiger partial charge in [-0.25, -0.2) is 0 Å². The molecule has 1 heterocycles. The molecule has 0 spiro atoms. The Hall–Kier alpha value is -1.64. The standard InChI is InChI=1S/C15H16ClN3O3S2/c16-11-6-2-1-5-10(11)14(22)18-17-12(20)7-3-4-8-19-13(21)9-24-15(19)23/h1-2,5-6H,3-4,7-9H2,(H,17,20)(H,18,22). The molecule has 1 aliphatic rings. The number of unbranched alkanes of at least 4 members (excludes halogenated alkanes) is 1. The predicted molar refractivity (Wildman–Crippen MR) is 97.7 cm³/mol. The van der Waals surface area contributed by atoms with Crippen LogP contribution in [0.1, 0.15) is 29.6 Å². The molecule has 1 aromatic rings. The van der Waals surface area contributed by atoms with Crippen LogP contribution in [0.3, 0.4) is 0 Å². The van der Waals surface area contributed by atoms with Gasteiger partial charge in [0, 0.05) is 13.0 Å². The molecule has 2 rings (SSSR count). The number of halogens is 1. The molecule has 2 N–H and O–H groups in total. The zero-order chi connectivity index (χ0) is 17.5. The summed E-state index contributed by atoms with van der Waals surface area (Å²) in [5.74, 6) is -0.367. The molecule has 0 bridgehead atoms. The van der Waals surface area contributed by atoms with Gasteiger partial charge in [-0.15, -0.1) is 0 Å². The highest BCUT2D eigenvalue weighted by atomic mass is 35.5. The number of thiocarbonyl (C=S) groups is 1. The molecule has 1 saturated heterocycles. The van der Waals surface area contributed by atoms with E-state index in [1.54, 1.807) is 29.2 Å². The number of carbonyl (C=O) groups is 3. The van der Waals surface area contributed by atoms with Crippen molar-refractivity contribution >= 4 is 57.6 Å². The largest absolute Gasteiger partial charge is 0.297 e. The maximum absolute atomic E-state index is 11.9. The molecule has 0 unspecified atom stereocenters. The van der Waals surface area contributed by atoms with E-state index in [0.29, 0.717) is 34.5 Å². The first-order chi connectivity index (χ1) is 11.5. The van der Waals surface area contributed by atoms with Crippen LogP contribution in [-0.4, -0.2) is 39.2 Å². The van der Waals surface area contributed by atoms with E-state index in [-0.39, 0.29) is 23.8 Å². The molecule has 128 valence electrons. The van der Waals surface area contributed by atoms with Gasteiger partial charge in [0.05, 0.1) is 16.3 Å². The third kappa shape index (κ3) is 5.19. The van der Waals surface area contributed by atoms with Crippen molar-refractivity contribution in [3.05, 3.63) is 34.9 Å². The van der Waals surface area contributed by atoms with Crippen molar-refractivity contribution in [1.29, 1.82) is 0 Å². The molecule has 1 aromatic carbocycles. The van der Waals surface area contributed by atoms with Crippen LogP contribution < -0.4 is 10.9 Å². The number of hydrazine groups is 1. The molecule has 9 heteroatoms. The zero-order valence-electron chi connectivity index (χ0n) is 12.7. The van der Waals surface area contributed by atoms with Crippen molar-refractivity contribution in [2.45, 2.75) is 19.3 Å². The Morgan fingerprint density at radius 3 is 2.67 bits per heavy atom. The summed E-state index contributed by atoms with van der Waals surface area (Å²) >= 11 is 12.3. The highest BCUT2D eigenvalue weighted by Gasteiger charge is 2.25. The second-order valence-corrected chi connectivity index (χ2v) is 7.06. The predicted octanol–water partition coefficient (Wildman–Crippen LogP) is 2.13. The Kier molecular flexibility index (Phi) is 7.01. The smallest absolute Gasteiger partial charge is 0.271 e. The summed E-state index contributed by atoms with van der Waals surface area (Å²) in [4.78, 5) is 36.7. The Morgan fingerprint density at radius 2 is 2.00 bits per heavy atom. The highest BCUT2D eigenvalue weighted by molar-refractivity contribution is 8.23. The van der Waals surface area contributed by atoms with E-state index in [1.807, 2.05) is 0 Å². The number of thioether (sulfide) groups is 1. The van der Waals surface area contributed by atoms with Crippen LogP contribution in [0.15, 0.2) is 24.3 Å². The number of nitrogens with zero attached hydrogens (tertiary/aromatic N) is 1. The van der Waals surface area contributed by atoms with Gasteiger partial charge in [-0.3, -0.25) is 30.1 Å². The minimum atomic E-state index is -0.473. The van der Waals surface area contributed by atoms with Gasteiger partial charge >= 0.3 is 0 Å². The molecule has 0 aliphatic carbocycles. The first-order valence-electron chi connectivity index (χ1n) is 7.30. The molecule has 1 aliphatic heterocycles. The third-order valence-corrected chi connectivity index (χ3v) is 5.07. The van der Waals surface area contributed by atoms with Gasteiger partial charge in [0.25, 0.3) is 5.91 Å². The van der Waals surface area contributed by atoms with Crippen molar-refractivity contribution in [2.75, 3.05) is 12.3 Å². The molecule has 3 amide bonds. The molecule has 0 atom stereocenters. The lowest BCUT2D eigenvalue weighted by molar-refractivity contribution is -0.124. The summed E-state index contributed by atoms with van der Waals surface area (Å²) in [6.45, 7) is 0.518. The van der Waals surface area contributed by atoms with E-state index >= 15 is 0 Å². The van der Waals surface area contributed by atoms with Crippen molar-refractivity contribution < 1.29 is 14.4 Å². The fourth-order valence-corrected chi connectivity index (χ4v) is 3.40. The lowest BCUT2D eigenvalue weighted by atomic mass is 10.2. The van der Waals surface area contributed by atoms with Crippen LogP contribution in [0.5, 0.6) is 0 Å². The average molecular weight is 386 g/mol.